The van der Waals surface area contributed by atoms with Gasteiger partial charge in [-0.2, -0.15) is 0 Å². The van der Waals surface area contributed by atoms with Gasteiger partial charge >= 0.3 is 5.97 Å². The molecule has 2 aromatic carbocycles. The van der Waals surface area contributed by atoms with Gasteiger partial charge in [-0.1, -0.05) is 12.1 Å². The summed E-state index contributed by atoms with van der Waals surface area (Å²) in [5, 5.41) is 12.3. The Morgan fingerprint density at radius 3 is 1.91 bits per heavy atom. The van der Waals surface area contributed by atoms with Crippen LogP contribution in [0.15, 0.2) is 54.7 Å². The quantitative estimate of drug-likeness (QED) is 0.801. The highest BCUT2D eigenvalue weighted by Gasteiger charge is 2.10. The molecule has 0 heterocycles. The zero-order chi connectivity index (χ0) is 15.9. The van der Waals surface area contributed by atoms with Crippen molar-refractivity contribution in [3.05, 3.63) is 60.3 Å². The first-order valence-corrected chi connectivity index (χ1v) is 6.62. The van der Waals surface area contributed by atoms with Crippen molar-refractivity contribution < 1.29 is 19.4 Å². The topological polar surface area (TPSA) is 67.8 Å². The number of aliphatic carboxylic acids is 1. The third-order valence-corrected chi connectivity index (χ3v) is 3.10. The van der Waals surface area contributed by atoms with Crippen LogP contribution in [0, 0.1) is 0 Å². The second-order valence-electron chi connectivity index (χ2n) is 4.46. The number of benzene rings is 2. The van der Waals surface area contributed by atoms with Crippen molar-refractivity contribution in [2.75, 3.05) is 19.5 Å². The average Bonchev–Trinajstić information content (AvgIpc) is 2.56. The Morgan fingerprint density at radius 2 is 1.45 bits per heavy atom. The highest BCUT2D eigenvalue weighted by molar-refractivity contribution is 6.15. The van der Waals surface area contributed by atoms with E-state index in [1.165, 1.54) is 6.20 Å². The molecular weight excluding hydrogens is 282 g/mol. The minimum absolute atomic E-state index is 0.165. The van der Waals surface area contributed by atoms with Gasteiger partial charge in [0.1, 0.15) is 11.5 Å². The largest absolute Gasteiger partial charge is 0.497 e. The zero-order valence-corrected chi connectivity index (χ0v) is 12.4. The van der Waals surface area contributed by atoms with Crippen LogP contribution >= 0.6 is 0 Å². The Bertz CT molecular complexity index is 660. The number of hydrogen-bond acceptors (Lipinski definition) is 4. The van der Waals surface area contributed by atoms with Gasteiger partial charge in [0, 0.05) is 11.9 Å². The van der Waals surface area contributed by atoms with Gasteiger partial charge in [-0.05, 0) is 42.0 Å². The zero-order valence-electron chi connectivity index (χ0n) is 12.4. The molecule has 114 valence electrons. The van der Waals surface area contributed by atoms with Crippen LogP contribution < -0.4 is 14.8 Å². The number of ether oxygens (including phenoxy) is 2. The summed E-state index contributed by atoms with van der Waals surface area (Å²) in [6.45, 7) is 0. The van der Waals surface area contributed by atoms with E-state index in [4.69, 9.17) is 9.47 Å². The molecule has 0 atom stereocenters. The van der Waals surface area contributed by atoms with Gasteiger partial charge in [-0.15, -0.1) is 0 Å². The van der Waals surface area contributed by atoms with E-state index in [1.54, 1.807) is 50.6 Å². The van der Waals surface area contributed by atoms with Crippen molar-refractivity contribution in [3.63, 3.8) is 0 Å². The lowest BCUT2D eigenvalue weighted by Crippen LogP contribution is -2.02. The number of hydrogen-bond donors (Lipinski definition) is 2. The summed E-state index contributed by atoms with van der Waals surface area (Å²) < 4.78 is 10.1. The van der Waals surface area contributed by atoms with E-state index in [-0.39, 0.29) is 5.57 Å². The van der Waals surface area contributed by atoms with E-state index in [2.05, 4.69) is 5.32 Å². The third kappa shape index (κ3) is 3.79. The Hall–Kier alpha value is -2.95. The van der Waals surface area contributed by atoms with Crippen LogP contribution in [-0.4, -0.2) is 25.3 Å². The lowest BCUT2D eigenvalue weighted by molar-refractivity contribution is -0.130. The van der Waals surface area contributed by atoms with E-state index in [9.17, 15) is 9.90 Å². The van der Waals surface area contributed by atoms with E-state index < -0.39 is 5.97 Å². The lowest BCUT2D eigenvalue weighted by atomic mass is 10.1. The van der Waals surface area contributed by atoms with Crippen molar-refractivity contribution in [2.24, 2.45) is 0 Å². The number of anilines is 1. The Morgan fingerprint density at radius 1 is 0.955 bits per heavy atom. The molecule has 22 heavy (non-hydrogen) atoms. The molecule has 0 saturated carbocycles. The molecule has 5 nitrogen and oxygen atoms in total. The maximum Gasteiger partial charge on any atom is 0.337 e. The second-order valence-corrected chi connectivity index (χ2v) is 4.46. The van der Waals surface area contributed by atoms with Crippen LogP contribution in [0.1, 0.15) is 5.56 Å². The van der Waals surface area contributed by atoms with Gasteiger partial charge < -0.3 is 19.9 Å². The third-order valence-electron chi connectivity index (χ3n) is 3.10. The number of carboxylic acids is 1. The van der Waals surface area contributed by atoms with Crippen LogP contribution in [0.25, 0.3) is 5.57 Å². The van der Waals surface area contributed by atoms with E-state index in [0.29, 0.717) is 11.3 Å². The Balaban J connectivity index is 2.20. The van der Waals surface area contributed by atoms with Crippen LogP contribution in [-0.2, 0) is 4.79 Å². The van der Waals surface area contributed by atoms with Crippen molar-refractivity contribution >= 4 is 17.2 Å². The van der Waals surface area contributed by atoms with Crippen molar-refractivity contribution in [1.29, 1.82) is 0 Å². The number of methoxy groups -OCH3 is 2. The summed E-state index contributed by atoms with van der Waals surface area (Å²) in [7, 11) is 3.16. The molecule has 0 unspecified atom stereocenters. The Labute approximate surface area is 128 Å². The molecular formula is C17H17NO4. The number of carbonyl (C=O) groups is 1. The molecule has 0 bridgehead atoms. The monoisotopic (exact) mass is 299 g/mol. The number of rotatable bonds is 6. The smallest absolute Gasteiger partial charge is 0.337 e. The number of nitrogens with one attached hydrogen (secondary N) is 1. The molecule has 0 radical (unpaired) electrons. The molecule has 2 rings (SSSR count). The fourth-order valence-corrected chi connectivity index (χ4v) is 1.88. The molecule has 0 aliphatic heterocycles. The van der Waals surface area contributed by atoms with Gasteiger partial charge in [0.25, 0.3) is 0 Å². The first-order chi connectivity index (χ1) is 10.6. The van der Waals surface area contributed by atoms with Crippen molar-refractivity contribution in [2.45, 2.75) is 0 Å². The van der Waals surface area contributed by atoms with Crippen LogP contribution in [0.3, 0.4) is 0 Å². The lowest BCUT2D eigenvalue weighted by Gasteiger charge is -2.07. The summed E-state index contributed by atoms with van der Waals surface area (Å²) in [5.74, 6) is 0.408. The first kappa shape index (κ1) is 15.4. The second kappa shape index (κ2) is 7.17. The predicted molar refractivity (Wildman–Crippen MR) is 85.2 cm³/mol. The molecule has 2 N–H and O–H groups in total. The summed E-state index contributed by atoms with van der Waals surface area (Å²) in [6, 6.07) is 14.1. The molecule has 0 saturated heterocycles. The normalized spacial score (nSPS) is 10.9. The summed E-state index contributed by atoms with van der Waals surface area (Å²) in [5.41, 5.74) is 1.53. The maximum absolute atomic E-state index is 11.4. The highest BCUT2D eigenvalue weighted by atomic mass is 16.5. The molecule has 2 aromatic rings. The van der Waals surface area contributed by atoms with Crippen LogP contribution in [0.5, 0.6) is 11.5 Å². The highest BCUT2D eigenvalue weighted by Crippen LogP contribution is 2.20. The van der Waals surface area contributed by atoms with Gasteiger partial charge in [-0.3, -0.25) is 0 Å². The molecule has 0 aromatic heterocycles. The van der Waals surface area contributed by atoms with E-state index >= 15 is 0 Å². The van der Waals surface area contributed by atoms with Gasteiger partial charge in [0.2, 0.25) is 0 Å². The summed E-state index contributed by atoms with van der Waals surface area (Å²) >= 11 is 0. The van der Waals surface area contributed by atoms with E-state index in [0.717, 1.165) is 11.4 Å². The first-order valence-electron chi connectivity index (χ1n) is 6.62. The number of carboxylic acid groups (broad SMARTS) is 1. The molecule has 0 spiro atoms. The van der Waals surface area contributed by atoms with Gasteiger partial charge in [0.15, 0.2) is 0 Å². The summed E-state index contributed by atoms with van der Waals surface area (Å²) in [6.07, 6.45) is 1.46. The fourth-order valence-electron chi connectivity index (χ4n) is 1.88. The molecule has 0 amide bonds. The average molecular weight is 299 g/mol. The minimum Gasteiger partial charge on any atom is -0.497 e. The van der Waals surface area contributed by atoms with E-state index in [1.807, 2.05) is 12.1 Å². The minimum atomic E-state index is -1.01. The van der Waals surface area contributed by atoms with Crippen LogP contribution in [0.2, 0.25) is 0 Å². The Kier molecular flexibility index (Phi) is 5.03. The molecule has 0 aliphatic carbocycles. The molecule has 0 aliphatic rings. The van der Waals surface area contributed by atoms with Crippen molar-refractivity contribution in [3.8, 4) is 11.5 Å². The molecule has 0 fully saturated rings. The van der Waals surface area contributed by atoms with Gasteiger partial charge in [0.05, 0.1) is 19.8 Å². The van der Waals surface area contributed by atoms with Crippen molar-refractivity contribution in [1.82, 2.24) is 0 Å². The van der Waals surface area contributed by atoms with Gasteiger partial charge in [-0.25, -0.2) is 4.79 Å². The fraction of sp³-hybridized carbons (Fsp3) is 0.118. The predicted octanol–water partition coefficient (Wildman–Crippen LogP) is 3.24. The summed E-state index contributed by atoms with van der Waals surface area (Å²) in [4.78, 5) is 11.4. The van der Waals surface area contributed by atoms with Crippen LogP contribution in [0.4, 0.5) is 5.69 Å². The maximum atomic E-state index is 11.4. The SMILES string of the molecule is COc1ccc(N/C=C(\C(=O)O)c2ccc(OC)cc2)cc1. The molecule has 5 heteroatoms. The standard InChI is InChI=1S/C17H17NO4/c1-21-14-7-3-12(4-8-14)16(17(19)20)11-18-13-5-9-15(22-2)10-6-13/h3-11,18H,1-2H3,(H,19,20)/b16-11-.